The maximum atomic E-state index is 5.72. The minimum atomic E-state index is 0.802. The van der Waals surface area contributed by atoms with Gasteiger partial charge in [-0.05, 0) is 17.7 Å². The van der Waals surface area contributed by atoms with Gasteiger partial charge in [-0.15, -0.1) is 0 Å². The van der Waals surface area contributed by atoms with E-state index in [-0.39, 0.29) is 0 Å². The average molecular weight is 313 g/mol. The molecule has 4 nitrogen and oxygen atoms in total. The van der Waals surface area contributed by atoms with Crippen molar-refractivity contribution in [3.05, 3.63) is 27.7 Å². The second-order valence-electron chi connectivity index (χ2n) is 4.59. The number of rotatable bonds is 3. The Balaban J connectivity index is 1.68. The van der Waals surface area contributed by atoms with Gasteiger partial charge in [-0.3, -0.25) is 5.43 Å². The van der Waals surface area contributed by atoms with Crippen LogP contribution >= 0.6 is 15.9 Å². The molecule has 0 saturated carbocycles. The Bertz CT molecular complexity index is 433. The third kappa shape index (κ3) is 2.69. The zero-order valence-electron chi connectivity index (χ0n) is 10.2. The van der Waals surface area contributed by atoms with Gasteiger partial charge in [0.1, 0.15) is 5.75 Å². The lowest BCUT2D eigenvalue weighted by atomic mass is 10.1. The number of nitrogens with zero attached hydrogens (tertiary/aromatic N) is 1. The molecule has 0 spiro atoms. The van der Waals surface area contributed by atoms with Crippen molar-refractivity contribution in [3.63, 3.8) is 0 Å². The van der Waals surface area contributed by atoms with E-state index in [0.29, 0.717) is 0 Å². The van der Waals surface area contributed by atoms with Gasteiger partial charge in [-0.2, -0.15) is 0 Å². The molecule has 5 heteroatoms. The normalized spacial score (nSPS) is 19.6. The van der Waals surface area contributed by atoms with Gasteiger partial charge in [-0.1, -0.05) is 15.9 Å². The van der Waals surface area contributed by atoms with Crippen LogP contribution in [-0.2, 0) is 17.7 Å². The molecule has 1 aromatic rings. The summed E-state index contributed by atoms with van der Waals surface area (Å²) in [5.41, 5.74) is 5.98. The van der Waals surface area contributed by atoms with Gasteiger partial charge in [0.05, 0.1) is 19.8 Å². The Kier molecular flexibility index (Phi) is 3.84. The molecule has 2 aliphatic heterocycles. The molecular weight excluding hydrogens is 296 g/mol. The van der Waals surface area contributed by atoms with Crippen LogP contribution in [0.3, 0.4) is 0 Å². The number of benzene rings is 1. The summed E-state index contributed by atoms with van der Waals surface area (Å²) in [6.07, 6.45) is 1.01. The molecule has 98 valence electrons. The fourth-order valence-corrected chi connectivity index (χ4v) is 2.95. The number of hydrogen-bond acceptors (Lipinski definition) is 4. The molecule has 0 atom stereocenters. The van der Waals surface area contributed by atoms with Crippen LogP contribution in [0.4, 0.5) is 0 Å². The second kappa shape index (κ2) is 5.57. The summed E-state index contributed by atoms with van der Waals surface area (Å²) < 4.78 is 12.2. The van der Waals surface area contributed by atoms with E-state index in [1.54, 1.807) is 0 Å². The van der Waals surface area contributed by atoms with Gasteiger partial charge in [0.15, 0.2) is 0 Å². The van der Waals surface area contributed by atoms with Crippen LogP contribution in [-0.4, -0.2) is 37.9 Å². The molecule has 1 saturated heterocycles. The van der Waals surface area contributed by atoms with Crippen molar-refractivity contribution in [2.45, 2.75) is 13.0 Å². The molecule has 1 N–H and O–H groups in total. The SMILES string of the molecule is Brc1cc2c(c(CNN3CCOCC3)c1)OCC2. The quantitative estimate of drug-likeness (QED) is 0.921. The van der Waals surface area contributed by atoms with Crippen LogP contribution in [0.15, 0.2) is 16.6 Å². The van der Waals surface area contributed by atoms with Gasteiger partial charge in [0, 0.05) is 36.1 Å². The zero-order valence-corrected chi connectivity index (χ0v) is 11.8. The van der Waals surface area contributed by atoms with Crippen LogP contribution in [0.2, 0.25) is 0 Å². The first kappa shape index (κ1) is 12.4. The summed E-state index contributed by atoms with van der Waals surface area (Å²) in [4.78, 5) is 0. The monoisotopic (exact) mass is 312 g/mol. The van der Waals surface area contributed by atoms with Gasteiger partial charge < -0.3 is 9.47 Å². The highest BCUT2D eigenvalue weighted by Gasteiger charge is 2.18. The lowest BCUT2D eigenvalue weighted by Gasteiger charge is -2.27. The number of hydrazine groups is 1. The number of ether oxygens (including phenoxy) is 2. The fourth-order valence-electron chi connectivity index (χ4n) is 2.40. The lowest BCUT2D eigenvalue weighted by Crippen LogP contribution is -2.45. The van der Waals surface area contributed by atoms with Gasteiger partial charge in [-0.25, -0.2) is 5.01 Å². The summed E-state index contributed by atoms with van der Waals surface area (Å²) in [6, 6.07) is 4.29. The maximum absolute atomic E-state index is 5.72. The number of halogens is 1. The Morgan fingerprint density at radius 2 is 2.06 bits per heavy atom. The molecule has 2 heterocycles. The minimum absolute atomic E-state index is 0.802. The summed E-state index contributed by atoms with van der Waals surface area (Å²) in [6.45, 7) is 5.10. The first-order valence-electron chi connectivity index (χ1n) is 6.33. The highest BCUT2D eigenvalue weighted by molar-refractivity contribution is 9.10. The highest BCUT2D eigenvalue weighted by Crippen LogP contribution is 2.32. The molecule has 0 aromatic heterocycles. The smallest absolute Gasteiger partial charge is 0.127 e. The summed E-state index contributed by atoms with van der Waals surface area (Å²) in [5.74, 6) is 1.07. The van der Waals surface area contributed by atoms with Crippen molar-refractivity contribution in [2.75, 3.05) is 32.9 Å². The zero-order chi connectivity index (χ0) is 12.4. The number of fused-ring (bicyclic) bond motifs is 1. The molecule has 0 radical (unpaired) electrons. The molecule has 3 rings (SSSR count). The van der Waals surface area contributed by atoms with E-state index in [0.717, 1.165) is 56.1 Å². The highest BCUT2D eigenvalue weighted by atomic mass is 79.9. The predicted octanol–water partition coefficient (Wildman–Crippen LogP) is 1.72. The molecular formula is C13H17BrN2O2. The van der Waals surface area contributed by atoms with Crippen LogP contribution in [0, 0.1) is 0 Å². The Labute approximate surface area is 115 Å². The van der Waals surface area contributed by atoms with E-state index >= 15 is 0 Å². The Morgan fingerprint density at radius 1 is 1.22 bits per heavy atom. The summed E-state index contributed by atoms with van der Waals surface area (Å²) in [7, 11) is 0. The van der Waals surface area contributed by atoms with Crippen molar-refractivity contribution in [1.29, 1.82) is 0 Å². The minimum Gasteiger partial charge on any atom is -0.493 e. The van der Waals surface area contributed by atoms with Crippen LogP contribution in [0.25, 0.3) is 0 Å². The topological polar surface area (TPSA) is 33.7 Å². The number of morpholine rings is 1. The molecule has 2 aliphatic rings. The van der Waals surface area contributed by atoms with Crippen LogP contribution < -0.4 is 10.2 Å². The van der Waals surface area contributed by atoms with E-state index in [2.05, 4.69) is 38.5 Å². The van der Waals surface area contributed by atoms with Gasteiger partial charge in [0.2, 0.25) is 0 Å². The third-order valence-electron chi connectivity index (χ3n) is 3.33. The predicted molar refractivity (Wildman–Crippen MR) is 72.6 cm³/mol. The fraction of sp³-hybridized carbons (Fsp3) is 0.538. The molecule has 0 amide bonds. The van der Waals surface area contributed by atoms with E-state index in [1.165, 1.54) is 11.1 Å². The first-order chi connectivity index (χ1) is 8.83. The first-order valence-corrected chi connectivity index (χ1v) is 7.12. The summed E-state index contributed by atoms with van der Waals surface area (Å²) in [5, 5.41) is 2.21. The van der Waals surface area contributed by atoms with Crippen LogP contribution in [0.5, 0.6) is 5.75 Å². The van der Waals surface area contributed by atoms with Gasteiger partial charge in [0.25, 0.3) is 0 Å². The second-order valence-corrected chi connectivity index (χ2v) is 5.50. The molecule has 18 heavy (non-hydrogen) atoms. The van der Waals surface area contributed by atoms with E-state index < -0.39 is 0 Å². The Hall–Kier alpha value is -0.620. The van der Waals surface area contributed by atoms with Crippen molar-refractivity contribution < 1.29 is 9.47 Å². The van der Waals surface area contributed by atoms with E-state index in [1.807, 2.05) is 0 Å². The van der Waals surface area contributed by atoms with Crippen molar-refractivity contribution in [1.82, 2.24) is 10.4 Å². The maximum Gasteiger partial charge on any atom is 0.127 e. The Morgan fingerprint density at radius 3 is 2.89 bits per heavy atom. The third-order valence-corrected chi connectivity index (χ3v) is 3.79. The largest absolute Gasteiger partial charge is 0.493 e. The molecule has 1 fully saturated rings. The van der Waals surface area contributed by atoms with Crippen molar-refractivity contribution in [3.8, 4) is 5.75 Å². The molecule has 0 bridgehead atoms. The lowest BCUT2D eigenvalue weighted by molar-refractivity contribution is 0.0104. The summed E-state index contributed by atoms with van der Waals surface area (Å²) >= 11 is 3.56. The van der Waals surface area contributed by atoms with E-state index in [4.69, 9.17) is 9.47 Å². The van der Waals surface area contributed by atoms with Gasteiger partial charge >= 0.3 is 0 Å². The van der Waals surface area contributed by atoms with Crippen LogP contribution in [0.1, 0.15) is 11.1 Å². The molecule has 0 aliphatic carbocycles. The average Bonchev–Trinajstić information content (AvgIpc) is 2.85. The van der Waals surface area contributed by atoms with Crippen molar-refractivity contribution >= 4 is 15.9 Å². The van der Waals surface area contributed by atoms with Crippen molar-refractivity contribution in [2.24, 2.45) is 0 Å². The standard InChI is InChI=1S/C13H17BrN2O2/c14-12-7-10-1-4-18-13(10)11(8-12)9-15-16-2-5-17-6-3-16/h7-8,15H,1-6,9H2. The molecule has 1 aromatic carbocycles. The molecule has 0 unspecified atom stereocenters. The number of hydrogen-bond donors (Lipinski definition) is 1. The van der Waals surface area contributed by atoms with E-state index in [9.17, 15) is 0 Å². The number of nitrogens with one attached hydrogen (secondary N) is 1.